The Labute approximate surface area is 131 Å². The molecule has 0 saturated carbocycles. The third kappa shape index (κ3) is 2.90. The van der Waals surface area contributed by atoms with Crippen LogP contribution in [0.2, 0.25) is 0 Å². The molecule has 2 atom stereocenters. The molecular formula is C18H25N3O. The number of aromatic nitrogens is 2. The van der Waals surface area contributed by atoms with E-state index >= 15 is 0 Å². The molecule has 4 heteroatoms. The standard InChI is InChI=1S/C18H25N3O/c1-13-4-5-16-17(9-13)20-18(19-16)15-3-2-7-21(11-15)10-14-6-8-22-12-14/h4-5,9,14-15H,2-3,6-8,10-12H2,1H3,(H,19,20)/t14-,15+/m0/s1. The maximum absolute atomic E-state index is 5.52. The highest BCUT2D eigenvalue weighted by molar-refractivity contribution is 5.75. The number of H-pyrrole nitrogens is 1. The van der Waals surface area contributed by atoms with E-state index in [0.717, 1.165) is 31.2 Å². The molecule has 1 aromatic heterocycles. The highest BCUT2D eigenvalue weighted by Gasteiger charge is 2.26. The van der Waals surface area contributed by atoms with Crippen LogP contribution in [0.15, 0.2) is 18.2 Å². The second kappa shape index (κ2) is 6.01. The topological polar surface area (TPSA) is 41.2 Å². The predicted octanol–water partition coefficient (Wildman–Crippen LogP) is 3.09. The summed E-state index contributed by atoms with van der Waals surface area (Å²) in [7, 11) is 0. The van der Waals surface area contributed by atoms with Crippen LogP contribution in [0.3, 0.4) is 0 Å². The normalized spacial score (nSPS) is 26.8. The smallest absolute Gasteiger partial charge is 0.111 e. The molecule has 0 bridgehead atoms. The van der Waals surface area contributed by atoms with Crippen LogP contribution in [-0.2, 0) is 4.74 Å². The first kappa shape index (κ1) is 14.2. The van der Waals surface area contributed by atoms with Crippen molar-refractivity contribution in [1.82, 2.24) is 14.9 Å². The molecule has 22 heavy (non-hydrogen) atoms. The van der Waals surface area contributed by atoms with Crippen LogP contribution in [0, 0.1) is 12.8 Å². The summed E-state index contributed by atoms with van der Waals surface area (Å²) in [5.74, 6) is 2.45. The zero-order valence-electron chi connectivity index (χ0n) is 13.3. The molecule has 0 unspecified atom stereocenters. The van der Waals surface area contributed by atoms with Gasteiger partial charge in [0, 0.05) is 25.6 Å². The van der Waals surface area contributed by atoms with Gasteiger partial charge in [0.05, 0.1) is 17.6 Å². The minimum Gasteiger partial charge on any atom is -0.381 e. The second-order valence-corrected chi connectivity index (χ2v) is 6.97. The molecule has 1 aromatic carbocycles. The van der Waals surface area contributed by atoms with E-state index in [-0.39, 0.29) is 0 Å². The average molecular weight is 299 g/mol. The van der Waals surface area contributed by atoms with E-state index in [0.29, 0.717) is 5.92 Å². The Balaban J connectivity index is 1.48. The lowest BCUT2D eigenvalue weighted by atomic mass is 9.96. The second-order valence-electron chi connectivity index (χ2n) is 6.97. The molecular weight excluding hydrogens is 274 g/mol. The van der Waals surface area contributed by atoms with Gasteiger partial charge in [-0.25, -0.2) is 4.98 Å². The SMILES string of the molecule is Cc1ccc2nc([C@@H]3CCCN(C[C@@H]4CCOC4)C3)[nH]c2c1. The summed E-state index contributed by atoms with van der Waals surface area (Å²) in [5.41, 5.74) is 3.56. The molecule has 2 aliphatic rings. The molecule has 118 valence electrons. The van der Waals surface area contributed by atoms with E-state index in [2.05, 4.69) is 35.0 Å². The molecule has 1 N–H and O–H groups in total. The van der Waals surface area contributed by atoms with Gasteiger partial charge in [0.25, 0.3) is 0 Å². The number of hydrogen-bond donors (Lipinski definition) is 1. The lowest BCUT2D eigenvalue weighted by Gasteiger charge is -2.33. The van der Waals surface area contributed by atoms with Crippen molar-refractivity contribution in [2.24, 2.45) is 5.92 Å². The van der Waals surface area contributed by atoms with Gasteiger partial charge >= 0.3 is 0 Å². The molecule has 2 saturated heterocycles. The van der Waals surface area contributed by atoms with E-state index in [4.69, 9.17) is 9.72 Å². The predicted molar refractivity (Wildman–Crippen MR) is 88.2 cm³/mol. The van der Waals surface area contributed by atoms with Gasteiger partial charge in [-0.2, -0.15) is 0 Å². The maximum atomic E-state index is 5.52. The van der Waals surface area contributed by atoms with Gasteiger partial charge in [-0.3, -0.25) is 0 Å². The van der Waals surface area contributed by atoms with E-state index in [1.54, 1.807) is 0 Å². The summed E-state index contributed by atoms with van der Waals surface area (Å²) in [4.78, 5) is 11.0. The number of benzene rings is 1. The Hall–Kier alpha value is -1.39. The Morgan fingerprint density at radius 1 is 1.36 bits per heavy atom. The lowest BCUT2D eigenvalue weighted by molar-refractivity contribution is 0.149. The minimum atomic E-state index is 0.545. The number of fused-ring (bicyclic) bond motifs is 1. The molecule has 4 nitrogen and oxygen atoms in total. The van der Waals surface area contributed by atoms with Gasteiger partial charge in [0.1, 0.15) is 5.82 Å². The number of ether oxygens (including phenoxy) is 1. The number of imidazole rings is 1. The fourth-order valence-corrected chi connectivity index (χ4v) is 3.87. The average Bonchev–Trinajstić information content (AvgIpc) is 3.16. The summed E-state index contributed by atoms with van der Waals surface area (Å²) in [5, 5.41) is 0. The molecule has 0 spiro atoms. The summed E-state index contributed by atoms with van der Waals surface area (Å²) in [6.45, 7) is 7.58. The van der Waals surface area contributed by atoms with Crippen LogP contribution in [0.4, 0.5) is 0 Å². The van der Waals surface area contributed by atoms with Gasteiger partial charge in [-0.15, -0.1) is 0 Å². The van der Waals surface area contributed by atoms with E-state index in [1.807, 2.05) is 0 Å². The van der Waals surface area contributed by atoms with Crippen molar-refractivity contribution in [1.29, 1.82) is 0 Å². The molecule has 2 aromatic rings. The highest BCUT2D eigenvalue weighted by atomic mass is 16.5. The third-order valence-electron chi connectivity index (χ3n) is 5.09. The van der Waals surface area contributed by atoms with Crippen molar-refractivity contribution in [3.63, 3.8) is 0 Å². The number of rotatable bonds is 3. The Morgan fingerprint density at radius 3 is 3.18 bits per heavy atom. The van der Waals surface area contributed by atoms with Crippen LogP contribution in [0.5, 0.6) is 0 Å². The maximum Gasteiger partial charge on any atom is 0.111 e. The van der Waals surface area contributed by atoms with Crippen molar-refractivity contribution < 1.29 is 4.74 Å². The zero-order chi connectivity index (χ0) is 14.9. The van der Waals surface area contributed by atoms with Crippen molar-refractivity contribution in [2.75, 3.05) is 32.8 Å². The van der Waals surface area contributed by atoms with Gasteiger partial charge in [-0.05, 0) is 56.3 Å². The Morgan fingerprint density at radius 2 is 2.32 bits per heavy atom. The summed E-state index contributed by atoms with van der Waals surface area (Å²) < 4.78 is 5.52. The van der Waals surface area contributed by atoms with Crippen LogP contribution < -0.4 is 0 Å². The van der Waals surface area contributed by atoms with Crippen LogP contribution in [0.1, 0.15) is 36.6 Å². The number of likely N-dealkylation sites (tertiary alicyclic amines) is 1. The first-order valence-electron chi connectivity index (χ1n) is 8.54. The summed E-state index contributed by atoms with van der Waals surface area (Å²) in [6.07, 6.45) is 3.75. The van der Waals surface area contributed by atoms with Gasteiger partial charge in [0.2, 0.25) is 0 Å². The first-order valence-corrected chi connectivity index (χ1v) is 8.54. The molecule has 4 rings (SSSR count). The van der Waals surface area contributed by atoms with Gasteiger partial charge < -0.3 is 14.6 Å². The van der Waals surface area contributed by atoms with Crippen molar-refractivity contribution in [2.45, 2.75) is 32.1 Å². The number of nitrogens with one attached hydrogen (secondary N) is 1. The Bertz CT molecular complexity index is 645. The lowest BCUT2D eigenvalue weighted by Crippen LogP contribution is -2.38. The molecule has 0 amide bonds. The zero-order valence-corrected chi connectivity index (χ0v) is 13.3. The number of aromatic amines is 1. The number of aryl methyl sites for hydroxylation is 1. The van der Waals surface area contributed by atoms with Gasteiger partial charge in [0.15, 0.2) is 0 Å². The van der Waals surface area contributed by atoms with Crippen molar-refractivity contribution in [3.8, 4) is 0 Å². The number of hydrogen-bond acceptors (Lipinski definition) is 3. The van der Waals surface area contributed by atoms with Crippen LogP contribution >= 0.6 is 0 Å². The van der Waals surface area contributed by atoms with E-state index < -0.39 is 0 Å². The van der Waals surface area contributed by atoms with Crippen molar-refractivity contribution >= 4 is 11.0 Å². The Kier molecular flexibility index (Phi) is 3.89. The van der Waals surface area contributed by atoms with Gasteiger partial charge in [-0.1, -0.05) is 6.07 Å². The molecule has 2 aliphatic heterocycles. The van der Waals surface area contributed by atoms with Crippen LogP contribution in [-0.4, -0.2) is 47.7 Å². The van der Waals surface area contributed by atoms with E-state index in [9.17, 15) is 0 Å². The third-order valence-corrected chi connectivity index (χ3v) is 5.09. The van der Waals surface area contributed by atoms with Crippen LogP contribution in [0.25, 0.3) is 11.0 Å². The first-order chi connectivity index (χ1) is 10.8. The fraction of sp³-hybridized carbons (Fsp3) is 0.611. The summed E-state index contributed by atoms with van der Waals surface area (Å²) >= 11 is 0. The summed E-state index contributed by atoms with van der Waals surface area (Å²) in [6, 6.07) is 6.46. The molecule has 0 aliphatic carbocycles. The van der Waals surface area contributed by atoms with Crippen molar-refractivity contribution in [3.05, 3.63) is 29.6 Å². The number of piperidine rings is 1. The van der Waals surface area contributed by atoms with E-state index in [1.165, 1.54) is 49.3 Å². The highest BCUT2D eigenvalue weighted by Crippen LogP contribution is 2.28. The monoisotopic (exact) mass is 299 g/mol. The molecule has 0 radical (unpaired) electrons. The fourth-order valence-electron chi connectivity index (χ4n) is 3.87. The molecule has 2 fully saturated rings. The number of nitrogens with zero attached hydrogens (tertiary/aromatic N) is 2. The molecule has 3 heterocycles. The minimum absolute atomic E-state index is 0.545. The largest absolute Gasteiger partial charge is 0.381 e. The quantitative estimate of drug-likeness (QED) is 0.947.